The Morgan fingerprint density at radius 2 is 1.67 bits per heavy atom. The van der Waals surface area contributed by atoms with Crippen LogP contribution in [-0.2, 0) is 0 Å². The Bertz CT molecular complexity index is 355. The van der Waals surface area contributed by atoms with E-state index in [1.807, 2.05) is 13.8 Å². The molecule has 3 heteroatoms. The molecule has 1 aromatic rings. The lowest BCUT2D eigenvalue weighted by atomic mass is 9.82. The number of benzene rings is 1. The van der Waals surface area contributed by atoms with Gasteiger partial charge in [-0.1, -0.05) is 26.0 Å². The van der Waals surface area contributed by atoms with E-state index in [4.69, 9.17) is 5.73 Å². The summed E-state index contributed by atoms with van der Waals surface area (Å²) >= 11 is 0. The number of anilines is 1. The van der Waals surface area contributed by atoms with E-state index >= 15 is 0 Å². The summed E-state index contributed by atoms with van der Waals surface area (Å²) in [6, 6.07) is 8.20. The maximum Gasteiger partial charge on any atom is 0.0500 e. The molecule has 0 unspecified atom stereocenters. The minimum absolute atomic E-state index is 0.0892. The average Bonchev–Trinajstić information content (AvgIpc) is 2.40. The van der Waals surface area contributed by atoms with Crippen LogP contribution in [0.4, 0.5) is 5.69 Å². The van der Waals surface area contributed by atoms with E-state index in [0.29, 0.717) is 0 Å². The van der Waals surface area contributed by atoms with Crippen LogP contribution in [0.25, 0.3) is 0 Å². The van der Waals surface area contributed by atoms with Crippen molar-refractivity contribution in [2.24, 2.45) is 11.1 Å². The molecule has 0 amide bonds. The monoisotopic (exact) mass is 250 g/mol. The van der Waals surface area contributed by atoms with Gasteiger partial charge in [0.2, 0.25) is 0 Å². The number of hydrogen-bond donors (Lipinski definition) is 2. The first kappa shape index (κ1) is 15.0. The fourth-order valence-corrected chi connectivity index (χ4v) is 2.03. The van der Waals surface area contributed by atoms with Crippen molar-refractivity contribution >= 4 is 5.69 Å². The van der Waals surface area contributed by atoms with Gasteiger partial charge in [0.05, 0.1) is 0 Å². The maximum atomic E-state index is 9.36. The molecule has 0 heterocycles. The molecule has 0 fully saturated rings. The molecule has 0 aliphatic carbocycles. The highest BCUT2D eigenvalue weighted by atomic mass is 16.3. The third-order valence-electron chi connectivity index (χ3n) is 3.63. The van der Waals surface area contributed by atoms with Gasteiger partial charge in [0.25, 0.3) is 0 Å². The molecule has 0 radical (unpaired) electrons. The van der Waals surface area contributed by atoms with Crippen LogP contribution < -0.4 is 10.6 Å². The lowest BCUT2D eigenvalue weighted by Crippen LogP contribution is -2.32. The molecule has 3 N–H and O–H groups in total. The molecule has 1 rings (SSSR count). The summed E-state index contributed by atoms with van der Waals surface area (Å²) in [5.41, 5.74) is 8.20. The van der Waals surface area contributed by atoms with Crippen molar-refractivity contribution < 1.29 is 5.11 Å². The number of rotatable bonds is 6. The second kappa shape index (κ2) is 6.21. The summed E-state index contributed by atoms with van der Waals surface area (Å²) in [6.45, 7) is 10.4. The van der Waals surface area contributed by atoms with Crippen LogP contribution in [-0.4, -0.2) is 24.8 Å². The fourth-order valence-electron chi connectivity index (χ4n) is 2.03. The molecule has 1 atom stereocenters. The van der Waals surface area contributed by atoms with Crippen LogP contribution in [0, 0.1) is 5.41 Å². The van der Waals surface area contributed by atoms with Gasteiger partial charge in [-0.25, -0.2) is 0 Å². The number of aliphatic hydroxyl groups is 1. The molecule has 1 aromatic carbocycles. The SMILES string of the molecule is CCN(CC)c1ccc([C@H](N)C(C)(C)CO)cc1. The van der Waals surface area contributed by atoms with Crippen molar-refractivity contribution in [1.82, 2.24) is 0 Å². The zero-order valence-corrected chi connectivity index (χ0v) is 12.0. The minimum Gasteiger partial charge on any atom is -0.396 e. The zero-order valence-electron chi connectivity index (χ0n) is 12.0. The zero-order chi connectivity index (χ0) is 13.8. The smallest absolute Gasteiger partial charge is 0.0500 e. The molecule has 3 nitrogen and oxygen atoms in total. The first-order chi connectivity index (χ1) is 8.46. The van der Waals surface area contributed by atoms with E-state index < -0.39 is 0 Å². The van der Waals surface area contributed by atoms with Gasteiger partial charge >= 0.3 is 0 Å². The van der Waals surface area contributed by atoms with E-state index in [1.54, 1.807) is 0 Å². The van der Waals surface area contributed by atoms with E-state index in [1.165, 1.54) is 5.69 Å². The molecule has 0 aliphatic rings. The molecule has 0 spiro atoms. The Kier molecular flexibility index (Phi) is 5.17. The van der Waals surface area contributed by atoms with Gasteiger partial charge in [-0.05, 0) is 31.5 Å². The summed E-state index contributed by atoms with van der Waals surface area (Å²) in [6.07, 6.45) is 0. The van der Waals surface area contributed by atoms with Crippen molar-refractivity contribution in [3.8, 4) is 0 Å². The summed E-state index contributed by atoms with van der Waals surface area (Å²) in [5, 5.41) is 9.36. The van der Waals surface area contributed by atoms with E-state index in [9.17, 15) is 5.11 Å². The van der Waals surface area contributed by atoms with E-state index in [-0.39, 0.29) is 18.1 Å². The fraction of sp³-hybridized carbons (Fsp3) is 0.600. The van der Waals surface area contributed by atoms with Gasteiger partial charge in [-0.2, -0.15) is 0 Å². The molecule has 0 aromatic heterocycles. The summed E-state index contributed by atoms with van der Waals surface area (Å²) in [5.74, 6) is 0. The topological polar surface area (TPSA) is 49.5 Å². The second-order valence-electron chi connectivity index (χ2n) is 5.39. The van der Waals surface area contributed by atoms with Crippen molar-refractivity contribution in [1.29, 1.82) is 0 Å². The van der Waals surface area contributed by atoms with Gasteiger partial charge < -0.3 is 15.7 Å². The van der Waals surface area contributed by atoms with Crippen LogP contribution in [0.15, 0.2) is 24.3 Å². The molecular weight excluding hydrogens is 224 g/mol. The first-order valence-corrected chi connectivity index (χ1v) is 6.67. The number of nitrogens with zero attached hydrogens (tertiary/aromatic N) is 1. The lowest BCUT2D eigenvalue weighted by molar-refractivity contribution is 0.132. The third kappa shape index (κ3) is 3.24. The van der Waals surface area contributed by atoms with Crippen LogP contribution in [0.1, 0.15) is 39.3 Å². The standard InChI is InChI=1S/C15H26N2O/c1-5-17(6-2)13-9-7-12(8-10-13)14(16)15(3,4)11-18/h7-10,14,18H,5-6,11,16H2,1-4H3/t14-/m0/s1. The summed E-state index contributed by atoms with van der Waals surface area (Å²) in [7, 11) is 0. The average molecular weight is 250 g/mol. The third-order valence-corrected chi connectivity index (χ3v) is 3.63. The number of hydrogen-bond acceptors (Lipinski definition) is 3. The Morgan fingerprint density at radius 3 is 2.06 bits per heavy atom. The van der Waals surface area contributed by atoms with Gasteiger partial charge in [-0.3, -0.25) is 0 Å². The van der Waals surface area contributed by atoms with Crippen LogP contribution >= 0.6 is 0 Å². The molecule has 102 valence electrons. The molecule has 0 aliphatic heterocycles. The highest BCUT2D eigenvalue weighted by molar-refractivity contribution is 5.48. The van der Waals surface area contributed by atoms with Crippen molar-refractivity contribution in [3.63, 3.8) is 0 Å². The van der Waals surface area contributed by atoms with Gasteiger partial charge in [0, 0.05) is 36.8 Å². The molecule has 0 bridgehead atoms. The van der Waals surface area contributed by atoms with Crippen molar-refractivity contribution in [2.75, 3.05) is 24.6 Å². The molecule has 0 saturated carbocycles. The Labute approximate surface area is 111 Å². The Morgan fingerprint density at radius 1 is 1.17 bits per heavy atom. The largest absolute Gasteiger partial charge is 0.396 e. The maximum absolute atomic E-state index is 9.36. The van der Waals surface area contributed by atoms with E-state index in [0.717, 1.165) is 18.7 Å². The van der Waals surface area contributed by atoms with Crippen LogP contribution in [0.5, 0.6) is 0 Å². The summed E-state index contributed by atoms with van der Waals surface area (Å²) < 4.78 is 0. The first-order valence-electron chi connectivity index (χ1n) is 6.67. The molecule has 18 heavy (non-hydrogen) atoms. The van der Waals surface area contributed by atoms with Crippen LogP contribution in [0.3, 0.4) is 0 Å². The predicted molar refractivity (Wildman–Crippen MR) is 77.8 cm³/mol. The van der Waals surface area contributed by atoms with Gasteiger partial charge in [0.15, 0.2) is 0 Å². The van der Waals surface area contributed by atoms with Crippen molar-refractivity contribution in [3.05, 3.63) is 29.8 Å². The minimum atomic E-state index is -0.295. The molecule has 0 saturated heterocycles. The number of aliphatic hydroxyl groups excluding tert-OH is 1. The van der Waals surface area contributed by atoms with Crippen LogP contribution in [0.2, 0.25) is 0 Å². The molecular formula is C15H26N2O. The Balaban J connectivity index is 2.89. The lowest BCUT2D eigenvalue weighted by Gasteiger charge is -2.30. The van der Waals surface area contributed by atoms with Crippen molar-refractivity contribution in [2.45, 2.75) is 33.7 Å². The van der Waals surface area contributed by atoms with Gasteiger partial charge in [0.1, 0.15) is 0 Å². The van der Waals surface area contributed by atoms with Gasteiger partial charge in [-0.15, -0.1) is 0 Å². The normalized spacial score (nSPS) is 13.4. The summed E-state index contributed by atoms with van der Waals surface area (Å²) in [4.78, 5) is 2.30. The Hall–Kier alpha value is -1.06. The quantitative estimate of drug-likeness (QED) is 0.815. The second-order valence-corrected chi connectivity index (χ2v) is 5.39. The predicted octanol–water partition coefficient (Wildman–Crippen LogP) is 2.55. The van der Waals surface area contributed by atoms with E-state index in [2.05, 4.69) is 43.0 Å². The highest BCUT2D eigenvalue weighted by Crippen LogP contribution is 2.31. The number of nitrogens with two attached hydrogens (primary N) is 1. The highest BCUT2D eigenvalue weighted by Gasteiger charge is 2.26.